The molecule has 1 rings (SSSR count). The second kappa shape index (κ2) is 6.50. The van der Waals surface area contributed by atoms with Gasteiger partial charge in [-0.3, -0.25) is 0 Å². The lowest BCUT2D eigenvalue weighted by Gasteiger charge is -2.34. The normalized spacial score (nSPS) is 21.1. The molecular weight excluding hydrogens is 238 g/mol. The number of amides is 1. The number of rotatable bonds is 3. The zero-order chi connectivity index (χ0) is 12.9. The van der Waals surface area contributed by atoms with Crippen LogP contribution in [0.3, 0.4) is 0 Å². The molecule has 0 radical (unpaired) electrons. The molecule has 100 valence electrons. The summed E-state index contributed by atoms with van der Waals surface area (Å²) in [5, 5.41) is 9.06. The van der Waals surface area contributed by atoms with Crippen molar-refractivity contribution in [1.29, 1.82) is 0 Å². The number of carbonyl (C=O) groups is 1. The summed E-state index contributed by atoms with van der Waals surface area (Å²) in [6, 6.07) is 0.204. The van der Waals surface area contributed by atoms with E-state index >= 15 is 0 Å². The Morgan fingerprint density at radius 1 is 1.53 bits per heavy atom. The van der Waals surface area contributed by atoms with Crippen LogP contribution in [-0.4, -0.2) is 52.4 Å². The van der Waals surface area contributed by atoms with Crippen LogP contribution in [0.2, 0.25) is 0 Å². The second-order valence-electron chi connectivity index (χ2n) is 5.27. The minimum absolute atomic E-state index is 0.0135. The van der Waals surface area contributed by atoms with Crippen LogP contribution in [0.1, 0.15) is 33.6 Å². The van der Waals surface area contributed by atoms with Crippen molar-refractivity contribution < 1.29 is 14.6 Å². The highest BCUT2D eigenvalue weighted by atomic mass is 32.2. The van der Waals surface area contributed by atoms with Gasteiger partial charge < -0.3 is 14.7 Å². The third-order valence-electron chi connectivity index (χ3n) is 2.55. The topological polar surface area (TPSA) is 49.8 Å². The molecule has 1 unspecified atom stereocenters. The van der Waals surface area contributed by atoms with Crippen molar-refractivity contribution >= 4 is 17.9 Å². The molecule has 0 spiro atoms. The quantitative estimate of drug-likeness (QED) is 0.845. The third kappa shape index (κ3) is 5.17. The van der Waals surface area contributed by atoms with Crippen LogP contribution in [0.15, 0.2) is 0 Å². The summed E-state index contributed by atoms with van der Waals surface area (Å²) in [6.07, 6.45) is 1.82. The summed E-state index contributed by atoms with van der Waals surface area (Å²) < 4.78 is 5.37. The third-order valence-corrected chi connectivity index (χ3v) is 3.74. The maximum Gasteiger partial charge on any atom is 0.410 e. The van der Waals surface area contributed by atoms with Crippen molar-refractivity contribution in [3.63, 3.8) is 0 Å². The van der Waals surface area contributed by atoms with Crippen LogP contribution in [0.25, 0.3) is 0 Å². The molecule has 1 saturated heterocycles. The highest BCUT2D eigenvalue weighted by Crippen LogP contribution is 2.23. The van der Waals surface area contributed by atoms with Crippen molar-refractivity contribution in [2.24, 2.45) is 0 Å². The predicted octanol–water partition coefficient (Wildman–Crippen LogP) is 2.11. The average Bonchev–Trinajstić information content (AvgIpc) is 2.24. The first-order chi connectivity index (χ1) is 7.94. The average molecular weight is 261 g/mol. The van der Waals surface area contributed by atoms with Crippen LogP contribution in [0.4, 0.5) is 4.79 Å². The van der Waals surface area contributed by atoms with E-state index in [0.717, 1.165) is 24.3 Å². The fourth-order valence-corrected chi connectivity index (χ4v) is 2.98. The molecule has 1 N–H and O–H groups in total. The summed E-state index contributed by atoms with van der Waals surface area (Å²) in [5.41, 5.74) is -0.480. The van der Waals surface area contributed by atoms with Crippen molar-refractivity contribution in [3.8, 4) is 0 Å². The molecule has 0 saturated carbocycles. The Labute approximate surface area is 108 Å². The van der Waals surface area contributed by atoms with E-state index in [1.807, 2.05) is 32.5 Å². The van der Waals surface area contributed by atoms with Crippen LogP contribution in [0, 0.1) is 0 Å². The second-order valence-corrected chi connectivity index (χ2v) is 6.42. The number of carbonyl (C=O) groups excluding carboxylic acids is 1. The standard InChI is InChI=1S/C12H23NO3S/c1-12(2,3)16-11(15)13(6-7-14)10-5-4-8-17-9-10/h10,14H,4-9H2,1-3H3. The Balaban J connectivity index is 2.60. The molecule has 1 atom stereocenters. The van der Waals surface area contributed by atoms with Gasteiger partial charge >= 0.3 is 6.09 Å². The first-order valence-corrected chi connectivity index (χ1v) is 7.28. The van der Waals surface area contributed by atoms with Crippen LogP contribution in [-0.2, 0) is 4.74 Å². The lowest BCUT2D eigenvalue weighted by molar-refractivity contribution is 0.0134. The Morgan fingerprint density at radius 3 is 2.71 bits per heavy atom. The van der Waals surface area contributed by atoms with Gasteiger partial charge in [-0.2, -0.15) is 11.8 Å². The molecule has 1 aliphatic heterocycles. The number of nitrogens with zero attached hydrogens (tertiary/aromatic N) is 1. The summed E-state index contributed by atoms with van der Waals surface area (Å²) in [7, 11) is 0. The van der Waals surface area contributed by atoms with E-state index in [1.165, 1.54) is 0 Å². The molecule has 17 heavy (non-hydrogen) atoms. The molecule has 1 amide bonds. The number of aliphatic hydroxyl groups is 1. The number of aliphatic hydroxyl groups excluding tert-OH is 1. The van der Waals surface area contributed by atoms with Crippen LogP contribution >= 0.6 is 11.8 Å². The Kier molecular flexibility index (Phi) is 5.59. The Morgan fingerprint density at radius 2 is 2.24 bits per heavy atom. The molecule has 0 aromatic heterocycles. The Hall–Kier alpha value is -0.420. The SMILES string of the molecule is CC(C)(C)OC(=O)N(CCO)C1CCCSC1. The van der Waals surface area contributed by atoms with E-state index < -0.39 is 5.60 Å². The molecule has 5 heteroatoms. The van der Waals surface area contributed by atoms with E-state index in [-0.39, 0.29) is 18.7 Å². The van der Waals surface area contributed by atoms with Gasteiger partial charge in [-0.05, 0) is 39.4 Å². The lowest BCUT2D eigenvalue weighted by atomic mass is 10.1. The molecule has 1 fully saturated rings. The van der Waals surface area contributed by atoms with Crippen molar-refractivity contribution in [2.45, 2.75) is 45.3 Å². The Bertz CT molecular complexity index is 247. The van der Waals surface area contributed by atoms with Gasteiger partial charge in [-0.15, -0.1) is 0 Å². The van der Waals surface area contributed by atoms with Gasteiger partial charge in [0.15, 0.2) is 0 Å². The zero-order valence-electron chi connectivity index (χ0n) is 10.9. The van der Waals surface area contributed by atoms with Gasteiger partial charge in [0.1, 0.15) is 5.60 Å². The van der Waals surface area contributed by atoms with Gasteiger partial charge in [-0.25, -0.2) is 4.79 Å². The van der Waals surface area contributed by atoms with Crippen LogP contribution in [0.5, 0.6) is 0 Å². The van der Waals surface area contributed by atoms with E-state index in [4.69, 9.17) is 9.84 Å². The lowest BCUT2D eigenvalue weighted by Crippen LogP contribution is -2.46. The van der Waals surface area contributed by atoms with E-state index in [1.54, 1.807) is 4.90 Å². The molecule has 0 bridgehead atoms. The molecule has 1 heterocycles. The van der Waals surface area contributed by atoms with Crippen LogP contribution < -0.4 is 0 Å². The first kappa shape index (κ1) is 14.6. The summed E-state index contributed by atoms with van der Waals surface area (Å²) in [4.78, 5) is 13.7. The van der Waals surface area contributed by atoms with Gasteiger partial charge in [0, 0.05) is 18.3 Å². The van der Waals surface area contributed by atoms with Crippen molar-refractivity contribution in [3.05, 3.63) is 0 Å². The molecule has 0 aromatic rings. The maximum atomic E-state index is 12.0. The highest BCUT2D eigenvalue weighted by Gasteiger charge is 2.29. The molecule has 4 nitrogen and oxygen atoms in total. The molecule has 0 aliphatic carbocycles. The summed E-state index contributed by atoms with van der Waals surface area (Å²) in [6.45, 7) is 5.92. The van der Waals surface area contributed by atoms with Gasteiger partial charge in [0.25, 0.3) is 0 Å². The predicted molar refractivity (Wildman–Crippen MR) is 70.4 cm³/mol. The summed E-state index contributed by atoms with van der Waals surface area (Å²) in [5.74, 6) is 2.11. The highest BCUT2D eigenvalue weighted by molar-refractivity contribution is 7.99. The largest absolute Gasteiger partial charge is 0.444 e. The van der Waals surface area contributed by atoms with E-state index in [0.29, 0.717) is 6.54 Å². The number of ether oxygens (including phenoxy) is 1. The van der Waals surface area contributed by atoms with Gasteiger partial charge in [0.05, 0.1) is 6.61 Å². The minimum Gasteiger partial charge on any atom is -0.444 e. The van der Waals surface area contributed by atoms with Gasteiger partial charge in [-0.1, -0.05) is 0 Å². The molecule has 1 aliphatic rings. The fraction of sp³-hybridized carbons (Fsp3) is 0.917. The van der Waals surface area contributed by atoms with E-state index in [9.17, 15) is 4.79 Å². The smallest absolute Gasteiger partial charge is 0.410 e. The minimum atomic E-state index is -0.480. The zero-order valence-corrected chi connectivity index (χ0v) is 11.8. The fourth-order valence-electron chi connectivity index (χ4n) is 1.82. The van der Waals surface area contributed by atoms with Crippen molar-refractivity contribution in [1.82, 2.24) is 4.90 Å². The maximum absolute atomic E-state index is 12.0. The number of hydrogen-bond donors (Lipinski definition) is 1. The van der Waals surface area contributed by atoms with Crippen molar-refractivity contribution in [2.75, 3.05) is 24.7 Å². The molecular formula is C12H23NO3S. The van der Waals surface area contributed by atoms with Gasteiger partial charge in [0.2, 0.25) is 0 Å². The summed E-state index contributed by atoms with van der Waals surface area (Å²) >= 11 is 1.86. The van der Waals surface area contributed by atoms with E-state index in [2.05, 4.69) is 0 Å². The molecule has 0 aromatic carbocycles. The number of hydrogen-bond acceptors (Lipinski definition) is 4. The first-order valence-electron chi connectivity index (χ1n) is 6.12. The number of thioether (sulfide) groups is 1. The monoisotopic (exact) mass is 261 g/mol.